The van der Waals surface area contributed by atoms with Gasteiger partial charge in [0.1, 0.15) is 0 Å². The first-order chi connectivity index (χ1) is 11.7. The summed E-state index contributed by atoms with van der Waals surface area (Å²) in [6.07, 6.45) is 0. The second kappa shape index (κ2) is 7.70. The van der Waals surface area contributed by atoms with Crippen LogP contribution in [0, 0.1) is 6.92 Å². The summed E-state index contributed by atoms with van der Waals surface area (Å²) in [5.74, 6) is -0.947. The molecule has 0 unspecified atom stereocenters. The first kappa shape index (κ1) is 19.0. The van der Waals surface area contributed by atoms with Gasteiger partial charge in [-0.25, -0.2) is 4.79 Å². The van der Waals surface area contributed by atoms with E-state index in [4.69, 9.17) is 16.3 Å². The van der Waals surface area contributed by atoms with E-state index in [1.54, 1.807) is 30.3 Å². The van der Waals surface area contributed by atoms with E-state index in [-0.39, 0.29) is 12.0 Å². The average Bonchev–Trinajstić information content (AvgIpc) is 2.55. The molecular formula is C20H22ClNO3. The van der Waals surface area contributed by atoms with Crippen molar-refractivity contribution in [2.45, 2.75) is 33.1 Å². The Bertz CT molecular complexity index is 777. The lowest BCUT2D eigenvalue weighted by Crippen LogP contribution is -2.21. The summed E-state index contributed by atoms with van der Waals surface area (Å²) in [4.78, 5) is 23.9. The molecule has 0 atom stereocenters. The molecule has 132 valence electrons. The van der Waals surface area contributed by atoms with Gasteiger partial charge < -0.3 is 10.1 Å². The largest absolute Gasteiger partial charge is 0.452 e. The number of amides is 1. The normalized spacial score (nSPS) is 11.1. The number of aryl methyl sites for hydroxylation is 1. The maximum absolute atomic E-state index is 12.0. The van der Waals surface area contributed by atoms with Gasteiger partial charge in [0.15, 0.2) is 6.61 Å². The predicted molar refractivity (Wildman–Crippen MR) is 100 cm³/mol. The van der Waals surface area contributed by atoms with Crippen molar-refractivity contribution >= 4 is 29.2 Å². The summed E-state index contributed by atoms with van der Waals surface area (Å²) in [5.41, 5.74) is 3.03. The molecule has 25 heavy (non-hydrogen) atoms. The monoisotopic (exact) mass is 359 g/mol. The third kappa shape index (κ3) is 5.33. The highest BCUT2D eigenvalue weighted by atomic mass is 35.5. The van der Waals surface area contributed by atoms with Crippen molar-refractivity contribution in [1.29, 1.82) is 0 Å². The van der Waals surface area contributed by atoms with Crippen LogP contribution in [0.2, 0.25) is 5.02 Å². The molecule has 0 aromatic heterocycles. The Morgan fingerprint density at radius 3 is 2.28 bits per heavy atom. The minimum Gasteiger partial charge on any atom is -0.452 e. The topological polar surface area (TPSA) is 55.4 Å². The van der Waals surface area contributed by atoms with Gasteiger partial charge >= 0.3 is 5.97 Å². The maximum atomic E-state index is 12.0. The van der Waals surface area contributed by atoms with Crippen molar-refractivity contribution < 1.29 is 14.3 Å². The number of benzene rings is 2. The summed E-state index contributed by atoms with van der Waals surface area (Å²) in [6, 6.07) is 12.4. The Labute approximate surface area is 153 Å². The first-order valence-corrected chi connectivity index (χ1v) is 8.38. The van der Waals surface area contributed by atoms with E-state index < -0.39 is 11.9 Å². The number of hydrogen-bond acceptors (Lipinski definition) is 3. The van der Waals surface area contributed by atoms with Gasteiger partial charge in [-0.2, -0.15) is 0 Å². The number of carbonyl (C=O) groups is 2. The lowest BCUT2D eigenvalue weighted by atomic mass is 9.87. The van der Waals surface area contributed by atoms with Gasteiger partial charge in [0.05, 0.1) is 5.56 Å². The second-order valence-corrected chi connectivity index (χ2v) is 7.32. The van der Waals surface area contributed by atoms with Gasteiger partial charge in [0.2, 0.25) is 0 Å². The van der Waals surface area contributed by atoms with E-state index in [1.807, 2.05) is 19.1 Å². The van der Waals surface area contributed by atoms with Crippen LogP contribution in [0.3, 0.4) is 0 Å². The molecule has 1 N–H and O–H groups in total. The van der Waals surface area contributed by atoms with Gasteiger partial charge in [-0.05, 0) is 47.7 Å². The van der Waals surface area contributed by atoms with Crippen LogP contribution in [0.5, 0.6) is 0 Å². The summed E-state index contributed by atoms with van der Waals surface area (Å²) in [7, 11) is 0. The van der Waals surface area contributed by atoms with Gasteiger partial charge in [-0.15, -0.1) is 0 Å². The smallest absolute Gasteiger partial charge is 0.338 e. The van der Waals surface area contributed by atoms with Crippen LogP contribution in [0.15, 0.2) is 42.5 Å². The van der Waals surface area contributed by atoms with E-state index >= 15 is 0 Å². The Kier molecular flexibility index (Phi) is 5.85. The average molecular weight is 360 g/mol. The highest BCUT2D eigenvalue weighted by molar-refractivity contribution is 6.31. The number of nitrogens with one attached hydrogen (secondary N) is 1. The van der Waals surface area contributed by atoms with Crippen LogP contribution in [0.4, 0.5) is 5.69 Å². The lowest BCUT2D eigenvalue weighted by molar-refractivity contribution is -0.119. The van der Waals surface area contributed by atoms with Gasteiger partial charge in [0.25, 0.3) is 5.91 Å². The zero-order valence-electron chi connectivity index (χ0n) is 14.9. The van der Waals surface area contributed by atoms with Crippen molar-refractivity contribution in [1.82, 2.24) is 0 Å². The fourth-order valence-electron chi connectivity index (χ4n) is 2.19. The van der Waals surface area contributed by atoms with E-state index in [2.05, 4.69) is 26.1 Å². The number of anilines is 1. The number of hydrogen-bond donors (Lipinski definition) is 1. The molecule has 2 aromatic carbocycles. The third-order valence-electron chi connectivity index (χ3n) is 3.78. The second-order valence-electron chi connectivity index (χ2n) is 6.92. The molecule has 0 saturated heterocycles. The number of carbonyl (C=O) groups excluding carboxylic acids is 2. The molecule has 2 rings (SSSR count). The molecule has 0 radical (unpaired) electrons. The quantitative estimate of drug-likeness (QED) is 0.802. The SMILES string of the molecule is Cc1ccc(NC(=O)COC(=O)c2ccc(C(C)(C)C)cc2)cc1Cl. The fourth-order valence-corrected chi connectivity index (χ4v) is 2.37. The maximum Gasteiger partial charge on any atom is 0.338 e. The Morgan fingerprint density at radius 2 is 1.72 bits per heavy atom. The van der Waals surface area contributed by atoms with Crippen LogP contribution < -0.4 is 5.32 Å². The molecule has 0 saturated carbocycles. The van der Waals surface area contributed by atoms with E-state index in [0.29, 0.717) is 16.3 Å². The Balaban J connectivity index is 1.90. The molecule has 0 aliphatic carbocycles. The number of ether oxygens (including phenoxy) is 1. The Morgan fingerprint density at radius 1 is 1.08 bits per heavy atom. The van der Waals surface area contributed by atoms with Crippen LogP contribution in [0.1, 0.15) is 42.3 Å². The molecule has 0 spiro atoms. The van der Waals surface area contributed by atoms with E-state index in [1.165, 1.54) is 0 Å². The lowest BCUT2D eigenvalue weighted by Gasteiger charge is -2.18. The molecule has 0 fully saturated rings. The molecule has 1 amide bonds. The van der Waals surface area contributed by atoms with Crippen molar-refractivity contribution in [3.63, 3.8) is 0 Å². The molecule has 0 heterocycles. The zero-order valence-corrected chi connectivity index (χ0v) is 15.6. The van der Waals surface area contributed by atoms with Crippen molar-refractivity contribution in [2.75, 3.05) is 11.9 Å². The van der Waals surface area contributed by atoms with E-state index in [0.717, 1.165) is 11.1 Å². The van der Waals surface area contributed by atoms with Crippen molar-refractivity contribution in [3.05, 3.63) is 64.2 Å². The van der Waals surface area contributed by atoms with Crippen LogP contribution >= 0.6 is 11.6 Å². The van der Waals surface area contributed by atoms with Crippen molar-refractivity contribution in [3.8, 4) is 0 Å². The summed E-state index contributed by atoms with van der Waals surface area (Å²) in [6.45, 7) is 7.82. The minimum atomic E-state index is -0.530. The molecule has 0 aliphatic rings. The van der Waals surface area contributed by atoms with Gasteiger partial charge in [-0.3, -0.25) is 4.79 Å². The standard InChI is InChI=1S/C20H22ClNO3/c1-13-5-10-16(11-17(13)21)22-18(23)12-25-19(24)14-6-8-15(9-7-14)20(2,3)4/h5-11H,12H2,1-4H3,(H,22,23). The molecule has 2 aromatic rings. The number of esters is 1. The first-order valence-electron chi connectivity index (χ1n) is 8.00. The molecule has 0 bridgehead atoms. The molecule has 4 nitrogen and oxygen atoms in total. The highest BCUT2D eigenvalue weighted by Gasteiger charge is 2.15. The third-order valence-corrected chi connectivity index (χ3v) is 4.18. The molecule has 5 heteroatoms. The van der Waals surface area contributed by atoms with Crippen LogP contribution in [-0.2, 0) is 14.9 Å². The highest BCUT2D eigenvalue weighted by Crippen LogP contribution is 2.22. The van der Waals surface area contributed by atoms with Crippen molar-refractivity contribution in [2.24, 2.45) is 0 Å². The van der Waals surface area contributed by atoms with Crippen LogP contribution in [-0.4, -0.2) is 18.5 Å². The summed E-state index contributed by atoms with van der Waals surface area (Å²) < 4.78 is 5.06. The number of rotatable bonds is 4. The van der Waals surface area contributed by atoms with Gasteiger partial charge in [-0.1, -0.05) is 50.6 Å². The van der Waals surface area contributed by atoms with E-state index in [9.17, 15) is 9.59 Å². The minimum absolute atomic E-state index is 0.0115. The fraction of sp³-hybridized carbons (Fsp3) is 0.300. The van der Waals surface area contributed by atoms with Gasteiger partial charge in [0, 0.05) is 10.7 Å². The predicted octanol–water partition coefficient (Wildman–Crippen LogP) is 4.74. The van der Waals surface area contributed by atoms with Crippen LogP contribution in [0.25, 0.3) is 0 Å². The number of halogens is 1. The summed E-state index contributed by atoms with van der Waals surface area (Å²) in [5, 5.41) is 3.21. The zero-order chi connectivity index (χ0) is 18.6. The Hall–Kier alpha value is -2.33. The molecule has 0 aliphatic heterocycles. The molecular weight excluding hydrogens is 338 g/mol. The summed E-state index contributed by atoms with van der Waals surface area (Å²) >= 11 is 6.01.